The van der Waals surface area contributed by atoms with E-state index in [1.165, 1.54) is 11.8 Å². The van der Waals surface area contributed by atoms with E-state index in [1.54, 1.807) is 0 Å². The fourth-order valence-electron chi connectivity index (χ4n) is 2.69. The minimum atomic E-state index is -0.992. The van der Waals surface area contributed by atoms with Crippen molar-refractivity contribution in [2.45, 2.75) is 20.3 Å². The monoisotopic (exact) mass is 346 g/mol. The molecule has 1 fully saturated rings. The number of nitrogens with one attached hydrogen (secondary N) is 1. The second kappa shape index (κ2) is 6.70. The lowest BCUT2D eigenvalue weighted by atomic mass is 9.91. The first-order valence-electron chi connectivity index (χ1n) is 7.13. The van der Waals surface area contributed by atoms with Gasteiger partial charge in [-0.2, -0.15) is 0 Å². The van der Waals surface area contributed by atoms with Gasteiger partial charge in [0.2, 0.25) is 0 Å². The van der Waals surface area contributed by atoms with Crippen molar-refractivity contribution >= 4 is 29.3 Å². The molecule has 2 atom stereocenters. The van der Waals surface area contributed by atoms with Crippen LogP contribution >= 0.6 is 11.6 Å². The van der Waals surface area contributed by atoms with Gasteiger partial charge in [-0.15, -0.1) is 0 Å². The number of aliphatic carboxylic acids is 1. The van der Waals surface area contributed by atoms with Gasteiger partial charge in [0.05, 0.1) is 5.92 Å². The fraction of sp³-hybridized carbons (Fsp3) is 0.467. The number of amides is 2. The van der Waals surface area contributed by atoms with Crippen molar-refractivity contribution in [1.82, 2.24) is 4.90 Å². The zero-order chi connectivity index (χ0) is 17.3. The number of piperidine rings is 1. The van der Waals surface area contributed by atoms with E-state index in [-0.39, 0.29) is 23.0 Å². The van der Waals surface area contributed by atoms with Gasteiger partial charge in [-0.1, -0.05) is 18.5 Å². The van der Waals surface area contributed by atoms with E-state index in [9.17, 15) is 18.4 Å². The molecular weight excluding hydrogens is 330 g/mol. The Balaban J connectivity index is 2.19. The standard InChI is InChI=1S/C15H17ClF2N2O3/c1-7-3-9(14(21)22)6-20(5-7)15(23)19-13-11(17)4-10(16)8(2)12(13)18/h4,7,9H,3,5-6H2,1-2H3,(H,19,23)(H,21,22). The van der Waals surface area contributed by atoms with Crippen LogP contribution in [0.5, 0.6) is 0 Å². The van der Waals surface area contributed by atoms with Crippen molar-refractivity contribution in [3.05, 3.63) is 28.3 Å². The van der Waals surface area contributed by atoms with Crippen LogP contribution in [0.25, 0.3) is 0 Å². The average molecular weight is 347 g/mol. The average Bonchev–Trinajstić information content (AvgIpc) is 2.48. The molecule has 1 aliphatic heterocycles. The molecule has 0 aliphatic carbocycles. The van der Waals surface area contributed by atoms with E-state index in [0.717, 1.165) is 6.07 Å². The lowest BCUT2D eigenvalue weighted by molar-refractivity contribution is -0.143. The number of anilines is 1. The number of halogens is 3. The third-order valence-electron chi connectivity index (χ3n) is 3.93. The van der Waals surface area contributed by atoms with Crippen molar-refractivity contribution < 1.29 is 23.5 Å². The van der Waals surface area contributed by atoms with Gasteiger partial charge in [0.15, 0.2) is 11.6 Å². The molecule has 1 saturated heterocycles. The maximum absolute atomic E-state index is 14.1. The molecule has 126 valence electrons. The predicted octanol–water partition coefficient (Wildman–Crippen LogP) is 3.50. The van der Waals surface area contributed by atoms with E-state index in [4.69, 9.17) is 16.7 Å². The Bertz CT molecular complexity index is 654. The van der Waals surface area contributed by atoms with E-state index in [1.807, 2.05) is 6.92 Å². The zero-order valence-corrected chi connectivity index (χ0v) is 13.5. The fourth-order valence-corrected chi connectivity index (χ4v) is 2.86. The molecule has 0 radical (unpaired) electrons. The van der Waals surface area contributed by atoms with Crippen LogP contribution in [-0.2, 0) is 4.79 Å². The minimum Gasteiger partial charge on any atom is -0.481 e. The SMILES string of the molecule is Cc1c(Cl)cc(F)c(NC(=O)N2CC(C)CC(C(=O)O)C2)c1F. The van der Waals surface area contributed by atoms with Crippen LogP contribution in [-0.4, -0.2) is 35.1 Å². The predicted molar refractivity (Wildman–Crippen MR) is 81.6 cm³/mol. The molecule has 1 aliphatic rings. The molecule has 1 heterocycles. The normalized spacial score (nSPS) is 21.2. The molecule has 0 spiro atoms. The molecular formula is C15H17ClF2N2O3. The van der Waals surface area contributed by atoms with E-state index >= 15 is 0 Å². The number of benzene rings is 1. The van der Waals surface area contributed by atoms with Crippen LogP contribution in [0.3, 0.4) is 0 Å². The molecule has 0 aromatic heterocycles. The van der Waals surface area contributed by atoms with Gasteiger partial charge in [0, 0.05) is 23.7 Å². The van der Waals surface area contributed by atoms with Gasteiger partial charge in [0.1, 0.15) is 5.69 Å². The van der Waals surface area contributed by atoms with Crippen LogP contribution in [0.4, 0.5) is 19.3 Å². The largest absolute Gasteiger partial charge is 0.481 e. The summed E-state index contributed by atoms with van der Waals surface area (Å²) < 4.78 is 27.9. The highest BCUT2D eigenvalue weighted by Crippen LogP contribution is 2.29. The van der Waals surface area contributed by atoms with Crippen molar-refractivity contribution in [3.63, 3.8) is 0 Å². The Morgan fingerprint density at radius 3 is 2.65 bits per heavy atom. The van der Waals surface area contributed by atoms with Crippen LogP contribution in [0.1, 0.15) is 18.9 Å². The summed E-state index contributed by atoms with van der Waals surface area (Å²) in [7, 11) is 0. The van der Waals surface area contributed by atoms with Crippen molar-refractivity contribution in [3.8, 4) is 0 Å². The van der Waals surface area contributed by atoms with E-state index in [2.05, 4.69) is 5.32 Å². The third kappa shape index (κ3) is 3.72. The molecule has 1 aromatic rings. The minimum absolute atomic E-state index is 0.00131. The molecule has 2 N–H and O–H groups in total. The van der Waals surface area contributed by atoms with Gasteiger partial charge >= 0.3 is 12.0 Å². The summed E-state index contributed by atoms with van der Waals surface area (Å²) in [5.41, 5.74) is -0.555. The maximum Gasteiger partial charge on any atom is 0.322 e. The van der Waals surface area contributed by atoms with Gasteiger partial charge in [-0.3, -0.25) is 4.79 Å². The van der Waals surface area contributed by atoms with E-state index < -0.39 is 35.2 Å². The number of carboxylic acids is 1. The summed E-state index contributed by atoms with van der Waals surface area (Å²) in [6.45, 7) is 3.52. The molecule has 8 heteroatoms. The Morgan fingerprint density at radius 1 is 1.39 bits per heavy atom. The summed E-state index contributed by atoms with van der Waals surface area (Å²) in [4.78, 5) is 24.6. The van der Waals surface area contributed by atoms with Gasteiger partial charge in [-0.05, 0) is 25.3 Å². The van der Waals surface area contributed by atoms with E-state index in [0.29, 0.717) is 13.0 Å². The van der Waals surface area contributed by atoms with Crippen molar-refractivity contribution in [2.24, 2.45) is 11.8 Å². The highest BCUT2D eigenvalue weighted by Gasteiger charge is 2.32. The smallest absolute Gasteiger partial charge is 0.322 e. The number of hydrogen-bond acceptors (Lipinski definition) is 2. The highest BCUT2D eigenvalue weighted by molar-refractivity contribution is 6.31. The number of urea groups is 1. The molecule has 2 amide bonds. The summed E-state index contributed by atoms with van der Waals surface area (Å²) in [6, 6.07) is 0.191. The maximum atomic E-state index is 14.1. The molecule has 1 aromatic carbocycles. The molecule has 2 rings (SSSR count). The molecule has 0 bridgehead atoms. The highest BCUT2D eigenvalue weighted by atomic mass is 35.5. The van der Waals surface area contributed by atoms with Crippen LogP contribution < -0.4 is 5.32 Å². The molecule has 2 unspecified atom stereocenters. The van der Waals surface area contributed by atoms with Gasteiger partial charge < -0.3 is 15.3 Å². The quantitative estimate of drug-likeness (QED) is 0.861. The number of carbonyl (C=O) groups excluding carboxylic acids is 1. The Kier molecular flexibility index (Phi) is 5.09. The number of carbonyl (C=O) groups is 2. The number of carboxylic acid groups (broad SMARTS) is 1. The number of hydrogen-bond donors (Lipinski definition) is 2. The van der Waals surface area contributed by atoms with Crippen LogP contribution in [0, 0.1) is 30.4 Å². The molecule has 5 nitrogen and oxygen atoms in total. The number of nitrogens with zero attached hydrogens (tertiary/aromatic N) is 1. The van der Waals surface area contributed by atoms with Crippen molar-refractivity contribution in [2.75, 3.05) is 18.4 Å². The summed E-state index contributed by atoms with van der Waals surface area (Å²) in [5, 5.41) is 11.2. The lowest BCUT2D eigenvalue weighted by Gasteiger charge is -2.34. The number of likely N-dealkylation sites (tertiary alicyclic amines) is 1. The summed E-state index contributed by atoms with van der Waals surface area (Å²) >= 11 is 5.68. The van der Waals surface area contributed by atoms with Crippen molar-refractivity contribution in [1.29, 1.82) is 0 Å². The third-order valence-corrected chi connectivity index (χ3v) is 4.32. The van der Waals surface area contributed by atoms with Crippen LogP contribution in [0.2, 0.25) is 5.02 Å². The topological polar surface area (TPSA) is 69.6 Å². The Hall–Kier alpha value is -1.89. The Morgan fingerprint density at radius 2 is 2.04 bits per heavy atom. The number of rotatable bonds is 2. The second-order valence-electron chi connectivity index (χ2n) is 5.87. The van der Waals surface area contributed by atoms with Gasteiger partial charge in [-0.25, -0.2) is 13.6 Å². The molecule has 0 saturated carbocycles. The summed E-state index contributed by atoms with van der Waals surface area (Å²) in [5.74, 6) is -3.62. The molecule has 23 heavy (non-hydrogen) atoms. The summed E-state index contributed by atoms with van der Waals surface area (Å²) in [6.07, 6.45) is 0.460. The first-order chi connectivity index (χ1) is 10.7. The van der Waals surface area contributed by atoms with Gasteiger partial charge in [0.25, 0.3) is 0 Å². The zero-order valence-electron chi connectivity index (χ0n) is 12.7. The Labute approximate surface area is 137 Å². The van der Waals surface area contributed by atoms with Crippen LogP contribution in [0.15, 0.2) is 6.07 Å². The first kappa shape index (κ1) is 17.5. The lowest BCUT2D eigenvalue weighted by Crippen LogP contribution is -2.47. The second-order valence-corrected chi connectivity index (χ2v) is 6.27. The first-order valence-corrected chi connectivity index (χ1v) is 7.51.